The molecule has 0 radical (unpaired) electrons. The van der Waals surface area contributed by atoms with Gasteiger partial charge in [-0.25, -0.2) is 0 Å². The Labute approximate surface area is 68.4 Å². The van der Waals surface area contributed by atoms with Gasteiger partial charge in [0.25, 0.3) is 0 Å². The predicted octanol–water partition coefficient (Wildman–Crippen LogP) is 2.48. The van der Waals surface area contributed by atoms with E-state index < -0.39 is 0 Å². The van der Waals surface area contributed by atoms with E-state index in [1.165, 1.54) is 32.1 Å². The van der Waals surface area contributed by atoms with Crippen LogP contribution in [0.1, 0.15) is 39.0 Å². The van der Waals surface area contributed by atoms with E-state index in [1.54, 1.807) is 0 Å². The van der Waals surface area contributed by atoms with Gasteiger partial charge in [-0.3, -0.25) is 0 Å². The van der Waals surface area contributed by atoms with Crippen LogP contribution < -0.4 is 0 Å². The number of hydrogen-bond acceptors (Lipinski definition) is 1. The molecular formula is C10H13N. The first-order chi connectivity index (χ1) is 5.27. The van der Waals surface area contributed by atoms with Gasteiger partial charge < -0.3 is 0 Å². The molecule has 11 heavy (non-hydrogen) atoms. The zero-order valence-corrected chi connectivity index (χ0v) is 6.98. The molecule has 0 heterocycles. The molecule has 1 aliphatic rings. The van der Waals surface area contributed by atoms with Crippen molar-refractivity contribution in [2.75, 3.05) is 0 Å². The Morgan fingerprint density at radius 3 is 2.36 bits per heavy atom. The summed E-state index contributed by atoms with van der Waals surface area (Å²) in [6.45, 7) is 2.16. The third-order valence-corrected chi connectivity index (χ3v) is 2.38. The Morgan fingerprint density at radius 1 is 1.18 bits per heavy atom. The molecule has 1 heteroatoms. The summed E-state index contributed by atoms with van der Waals surface area (Å²) in [6.07, 6.45) is 6.22. The number of hydrogen-bond donors (Lipinski definition) is 0. The Bertz CT molecular complexity index is 217. The van der Waals surface area contributed by atoms with Gasteiger partial charge in [-0.2, -0.15) is 5.26 Å². The summed E-state index contributed by atoms with van der Waals surface area (Å²) in [5.41, 5.74) is 0.147. The largest absolute Gasteiger partial charge is 0.183 e. The second kappa shape index (κ2) is 3.44. The van der Waals surface area contributed by atoms with Gasteiger partial charge in [0.05, 0.1) is 0 Å². The molecular weight excluding hydrogens is 134 g/mol. The van der Waals surface area contributed by atoms with Crippen LogP contribution in [0, 0.1) is 28.6 Å². The maximum absolute atomic E-state index is 8.29. The summed E-state index contributed by atoms with van der Waals surface area (Å²) < 4.78 is 0. The summed E-state index contributed by atoms with van der Waals surface area (Å²) in [5.74, 6) is 5.55. The van der Waals surface area contributed by atoms with Crippen LogP contribution >= 0.6 is 0 Å². The van der Waals surface area contributed by atoms with Crippen LogP contribution in [-0.4, -0.2) is 0 Å². The van der Waals surface area contributed by atoms with E-state index in [9.17, 15) is 0 Å². The molecule has 0 N–H and O–H groups in total. The molecule has 0 aromatic carbocycles. The second-order valence-electron chi connectivity index (χ2n) is 3.48. The highest BCUT2D eigenvalue weighted by atomic mass is 14.3. The first kappa shape index (κ1) is 8.15. The second-order valence-corrected chi connectivity index (χ2v) is 3.48. The van der Waals surface area contributed by atoms with Gasteiger partial charge in [0.2, 0.25) is 0 Å². The third-order valence-electron chi connectivity index (χ3n) is 2.38. The zero-order valence-electron chi connectivity index (χ0n) is 6.98. The van der Waals surface area contributed by atoms with E-state index in [1.807, 2.05) is 6.07 Å². The first-order valence-electron chi connectivity index (χ1n) is 4.18. The van der Waals surface area contributed by atoms with Crippen LogP contribution in [0.25, 0.3) is 0 Å². The quantitative estimate of drug-likeness (QED) is 0.483. The summed E-state index contributed by atoms with van der Waals surface area (Å²) in [7, 11) is 0. The van der Waals surface area contributed by atoms with Crippen molar-refractivity contribution in [3.05, 3.63) is 0 Å². The molecule has 0 spiro atoms. The van der Waals surface area contributed by atoms with E-state index >= 15 is 0 Å². The Balaban J connectivity index is 2.58. The van der Waals surface area contributed by atoms with Crippen molar-refractivity contribution in [1.29, 1.82) is 5.26 Å². The SMILES string of the molecule is CC1(C#CC#N)CCCCC1. The topological polar surface area (TPSA) is 23.8 Å². The van der Waals surface area contributed by atoms with Crippen LogP contribution in [0.2, 0.25) is 0 Å². The Kier molecular flexibility index (Phi) is 2.55. The minimum Gasteiger partial charge on any atom is -0.183 e. The molecule has 0 amide bonds. The van der Waals surface area contributed by atoms with Gasteiger partial charge in [0.1, 0.15) is 0 Å². The maximum Gasteiger partial charge on any atom is 0.152 e. The van der Waals surface area contributed by atoms with Crippen molar-refractivity contribution < 1.29 is 0 Å². The van der Waals surface area contributed by atoms with Gasteiger partial charge in [0, 0.05) is 11.3 Å². The van der Waals surface area contributed by atoms with Crippen molar-refractivity contribution in [3.8, 4) is 17.9 Å². The van der Waals surface area contributed by atoms with E-state index in [0.717, 1.165) is 0 Å². The van der Waals surface area contributed by atoms with Crippen molar-refractivity contribution in [3.63, 3.8) is 0 Å². The standard InChI is InChI=1S/C10H13N/c1-10(8-5-9-11)6-3-2-4-7-10/h2-4,6-7H2,1H3. The molecule has 0 atom stereocenters. The monoisotopic (exact) mass is 147 g/mol. The van der Waals surface area contributed by atoms with Gasteiger partial charge in [-0.05, 0) is 19.8 Å². The van der Waals surface area contributed by atoms with Crippen LogP contribution in [0.3, 0.4) is 0 Å². The zero-order chi connectivity index (χ0) is 8.16. The van der Waals surface area contributed by atoms with E-state index in [4.69, 9.17) is 5.26 Å². The van der Waals surface area contributed by atoms with Gasteiger partial charge in [0.15, 0.2) is 6.07 Å². The fourth-order valence-corrected chi connectivity index (χ4v) is 1.64. The van der Waals surface area contributed by atoms with Gasteiger partial charge in [-0.15, -0.1) is 0 Å². The van der Waals surface area contributed by atoms with Gasteiger partial charge >= 0.3 is 0 Å². The predicted molar refractivity (Wildman–Crippen MR) is 44.6 cm³/mol. The minimum atomic E-state index is 0.147. The lowest BCUT2D eigenvalue weighted by atomic mass is 9.76. The average Bonchev–Trinajstić information content (AvgIpc) is 2.03. The molecule has 58 valence electrons. The highest BCUT2D eigenvalue weighted by Crippen LogP contribution is 2.34. The number of nitriles is 1. The molecule has 0 unspecified atom stereocenters. The molecule has 1 saturated carbocycles. The first-order valence-corrected chi connectivity index (χ1v) is 4.18. The van der Waals surface area contributed by atoms with Crippen molar-refractivity contribution in [2.45, 2.75) is 39.0 Å². The Morgan fingerprint density at radius 2 is 1.82 bits per heavy atom. The molecule has 1 aliphatic carbocycles. The number of rotatable bonds is 0. The fourth-order valence-electron chi connectivity index (χ4n) is 1.64. The molecule has 0 aromatic heterocycles. The Hall–Kier alpha value is -0.950. The maximum atomic E-state index is 8.29. The molecule has 1 nitrogen and oxygen atoms in total. The fraction of sp³-hybridized carbons (Fsp3) is 0.700. The average molecular weight is 147 g/mol. The molecule has 0 bridgehead atoms. The molecule has 0 aromatic rings. The highest BCUT2D eigenvalue weighted by molar-refractivity contribution is 5.21. The third kappa shape index (κ3) is 2.28. The van der Waals surface area contributed by atoms with Crippen LogP contribution in [0.4, 0.5) is 0 Å². The molecule has 0 aliphatic heterocycles. The van der Waals surface area contributed by atoms with E-state index in [0.29, 0.717) is 0 Å². The minimum absolute atomic E-state index is 0.147. The smallest absolute Gasteiger partial charge is 0.152 e. The van der Waals surface area contributed by atoms with Crippen molar-refractivity contribution in [1.82, 2.24) is 0 Å². The summed E-state index contributed by atoms with van der Waals surface area (Å²) in [6, 6.07) is 1.88. The highest BCUT2D eigenvalue weighted by Gasteiger charge is 2.23. The normalized spacial score (nSPS) is 21.1. The van der Waals surface area contributed by atoms with E-state index in [2.05, 4.69) is 18.8 Å². The van der Waals surface area contributed by atoms with Crippen molar-refractivity contribution >= 4 is 0 Å². The van der Waals surface area contributed by atoms with Crippen molar-refractivity contribution in [2.24, 2.45) is 5.41 Å². The van der Waals surface area contributed by atoms with Crippen LogP contribution in [0.5, 0.6) is 0 Å². The summed E-state index contributed by atoms with van der Waals surface area (Å²) in [4.78, 5) is 0. The molecule has 1 fully saturated rings. The summed E-state index contributed by atoms with van der Waals surface area (Å²) in [5, 5.41) is 8.29. The van der Waals surface area contributed by atoms with E-state index in [-0.39, 0.29) is 5.41 Å². The lowest BCUT2D eigenvalue weighted by Crippen LogP contribution is -2.17. The lowest BCUT2D eigenvalue weighted by Gasteiger charge is -2.27. The molecule has 0 saturated heterocycles. The van der Waals surface area contributed by atoms with Gasteiger partial charge in [-0.1, -0.05) is 25.2 Å². The lowest BCUT2D eigenvalue weighted by molar-refractivity contribution is 0.300. The van der Waals surface area contributed by atoms with Crippen LogP contribution in [0.15, 0.2) is 0 Å². The summed E-state index contributed by atoms with van der Waals surface area (Å²) >= 11 is 0. The number of nitrogens with zero attached hydrogens (tertiary/aromatic N) is 1. The molecule has 1 rings (SSSR count). The van der Waals surface area contributed by atoms with Crippen LogP contribution in [-0.2, 0) is 0 Å².